The second kappa shape index (κ2) is 5.98. The Labute approximate surface area is 99.9 Å². The van der Waals surface area contributed by atoms with E-state index in [-0.39, 0.29) is 0 Å². The molecule has 1 aromatic heterocycles. The van der Waals surface area contributed by atoms with Crippen LogP contribution in [0.3, 0.4) is 0 Å². The first-order valence-electron chi connectivity index (χ1n) is 5.50. The summed E-state index contributed by atoms with van der Waals surface area (Å²) in [6.45, 7) is 3.70. The molecule has 0 aliphatic rings. The first-order chi connectivity index (χ1) is 8.04. The molecule has 2 N–H and O–H groups in total. The SMILES string of the molecule is CCC[C@@H](NC(=O)c1cncc(C)c1)C(=O)O. The molecule has 1 amide bonds. The number of hydrogen-bond donors (Lipinski definition) is 2. The minimum Gasteiger partial charge on any atom is -0.480 e. The zero-order valence-corrected chi connectivity index (χ0v) is 9.93. The van der Waals surface area contributed by atoms with Gasteiger partial charge in [0.2, 0.25) is 0 Å². The van der Waals surface area contributed by atoms with Crippen LogP contribution < -0.4 is 5.32 Å². The molecule has 0 aromatic carbocycles. The Bertz CT molecular complexity index is 418. The minimum absolute atomic E-state index is 0.382. The van der Waals surface area contributed by atoms with Crippen molar-refractivity contribution in [3.8, 4) is 0 Å². The Morgan fingerprint density at radius 1 is 1.47 bits per heavy atom. The lowest BCUT2D eigenvalue weighted by Gasteiger charge is -2.13. The maximum Gasteiger partial charge on any atom is 0.326 e. The molecule has 1 aromatic rings. The maximum atomic E-state index is 11.8. The third kappa shape index (κ3) is 3.86. The fourth-order valence-corrected chi connectivity index (χ4v) is 1.47. The highest BCUT2D eigenvalue weighted by molar-refractivity contribution is 5.96. The van der Waals surface area contributed by atoms with Crippen molar-refractivity contribution in [3.63, 3.8) is 0 Å². The van der Waals surface area contributed by atoms with Crippen molar-refractivity contribution in [2.24, 2.45) is 0 Å². The van der Waals surface area contributed by atoms with Crippen LogP contribution in [-0.2, 0) is 4.79 Å². The van der Waals surface area contributed by atoms with Crippen molar-refractivity contribution in [3.05, 3.63) is 29.6 Å². The van der Waals surface area contributed by atoms with E-state index in [1.807, 2.05) is 13.8 Å². The van der Waals surface area contributed by atoms with Gasteiger partial charge in [0.25, 0.3) is 5.91 Å². The first-order valence-corrected chi connectivity index (χ1v) is 5.50. The van der Waals surface area contributed by atoms with Crippen LogP contribution in [-0.4, -0.2) is 28.0 Å². The predicted molar refractivity (Wildman–Crippen MR) is 62.8 cm³/mol. The van der Waals surface area contributed by atoms with Gasteiger partial charge in [0.1, 0.15) is 6.04 Å². The number of nitrogens with one attached hydrogen (secondary N) is 1. The number of carbonyl (C=O) groups excluding carboxylic acids is 1. The van der Waals surface area contributed by atoms with Gasteiger partial charge in [-0.3, -0.25) is 9.78 Å². The molecular formula is C12H16N2O3. The Hall–Kier alpha value is -1.91. The van der Waals surface area contributed by atoms with Crippen LogP contribution >= 0.6 is 0 Å². The molecule has 0 spiro atoms. The third-order valence-corrected chi connectivity index (χ3v) is 2.32. The van der Waals surface area contributed by atoms with Gasteiger partial charge in [-0.25, -0.2) is 4.79 Å². The van der Waals surface area contributed by atoms with Gasteiger partial charge in [0.15, 0.2) is 0 Å². The Morgan fingerprint density at radius 3 is 2.71 bits per heavy atom. The minimum atomic E-state index is -1.01. The van der Waals surface area contributed by atoms with Gasteiger partial charge in [-0.05, 0) is 25.0 Å². The molecule has 0 fully saturated rings. The summed E-state index contributed by atoms with van der Waals surface area (Å²) in [5.41, 5.74) is 1.24. The van der Waals surface area contributed by atoms with Gasteiger partial charge in [-0.15, -0.1) is 0 Å². The molecule has 1 atom stereocenters. The number of hydrogen-bond acceptors (Lipinski definition) is 3. The highest BCUT2D eigenvalue weighted by Crippen LogP contribution is 2.03. The van der Waals surface area contributed by atoms with Crippen LogP contribution in [0.5, 0.6) is 0 Å². The van der Waals surface area contributed by atoms with Crippen LogP contribution in [0, 0.1) is 6.92 Å². The summed E-state index contributed by atoms with van der Waals surface area (Å²) in [6.07, 6.45) is 4.17. The van der Waals surface area contributed by atoms with E-state index in [2.05, 4.69) is 10.3 Å². The average molecular weight is 236 g/mol. The molecule has 5 nitrogen and oxygen atoms in total. The summed E-state index contributed by atoms with van der Waals surface area (Å²) in [4.78, 5) is 26.6. The van der Waals surface area contributed by atoms with Gasteiger partial charge in [-0.1, -0.05) is 13.3 Å². The lowest BCUT2D eigenvalue weighted by atomic mass is 10.1. The molecule has 0 radical (unpaired) electrons. The Morgan fingerprint density at radius 2 is 2.18 bits per heavy atom. The Kier molecular flexibility index (Phi) is 4.63. The van der Waals surface area contributed by atoms with Gasteiger partial charge in [-0.2, -0.15) is 0 Å². The van der Waals surface area contributed by atoms with Gasteiger partial charge in [0, 0.05) is 12.4 Å². The van der Waals surface area contributed by atoms with Gasteiger partial charge < -0.3 is 10.4 Å². The van der Waals surface area contributed by atoms with Crippen LogP contribution in [0.25, 0.3) is 0 Å². The van der Waals surface area contributed by atoms with Crippen molar-refractivity contribution in [1.29, 1.82) is 0 Å². The van der Waals surface area contributed by atoms with E-state index in [0.717, 1.165) is 5.56 Å². The molecule has 5 heteroatoms. The highest BCUT2D eigenvalue weighted by Gasteiger charge is 2.19. The lowest BCUT2D eigenvalue weighted by molar-refractivity contribution is -0.139. The molecule has 17 heavy (non-hydrogen) atoms. The highest BCUT2D eigenvalue weighted by atomic mass is 16.4. The number of amides is 1. The van der Waals surface area contributed by atoms with E-state index < -0.39 is 17.9 Å². The summed E-state index contributed by atoms with van der Waals surface area (Å²) in [7, 11) is 0. The first kappa shape index (κ1) is 13.2. The smallest absolute Gasteiger partial charge is 0.326 e. The summed E-state index contributed by atoms with van der Waals surface area (Å²) in [5.74, 6) is -1.41. The molecule has 1 rings (SSSR count). The van der Waals surface area contributed by atoms with Crippen molar-refractivity contribution in [2.45, 2.75) is 32.7 Å². The monoisotopic (exact) mass is 236 g/mol. The molecule has 0 saturated heterocycles. The normalized spacial score (nSPS) is 11.9. The van der Waals surface area contributed by atoms with Crippen molar-refractivity contribution in [2.75, 3.05) is 0 Å². The fourth-order valence-electron chi connectivity index (χ4n) is 1.47. The average Bonchev–Trinajstić information content (AvgIpc) is 2.28. The maximum absolute atomic E-state index is 11.8. The molecular weight excluding hydrogens is 220 g/mol. The van der Waals surface area contributed by atoms with E-state index in [1.165, 1.54) is 6.20 Å². The molecule has 1 heterocycles. The molecule has 0 aliphatic carbocycles. The fraction of sp³-hybridized carbons (Fsp3) is 0.417. The predicted octanol–water partition coefficient (Wildman–Crippen LogP) is 1.37. The van der Waals surface area contributed by atoms with Crippen molar-refractivity contribution < 1.29 is 14.7 Å². The van der Waals surface area contributed by atoms with Gasteiger partial charge in [0.05, 0.1) is 5.56 Å². The van der Waals surface area contributed by atoms with Crippen LogP contribution in [0.2, 0.25) is 0 Å². The number of aliphatic carboxylic acids is 1. The quantitative estimate of drug-likeness (QED) is 0.809. The molecule has 0 aliphatic heterocycles. The van der Waals surface area contributed by atoms with Crippen molar-refractivity contribution >= 4 is 11.9 Å². The summed E-state index contributed by atoms with van der Waals surface area (Å²) < 4.78 is 0. The number of carboxylic acid groups (broad SMARTS) is 1. The second-order valence-corrected chi connectivity index (χ2v) is 3.90. The molecule has 0 saturated carbocycles. The number of pyridine rings is 1. The number of carboxylic acids is 1. The van der Waals surface area contributed by atoms with E-state index in [9.17, 15) is 9.59 Å². The number of rotatable bonds is 5. The van der Waals surface area contributed by atoms with Gasteiger partial charge >= 0.3 is 5.97 Å². The summed E-state index contributed by atoms with van der Waals surface area (Å²) in [5, 5.41) is 11.4. The largest absolute Gasteiger partial charge is 0.480 e. The summed E-state index contributed by atoms with van der Waals surface area (Å²) in [6, 6.07) is 0.834. The molecule has 0 bridgehead atoms. The van der Waals surface area contributed by atoms with E-state index in [4.69, 9.17) is 5.11 Å². The topological polar surface area (TPSA) is 79.3 Å². The van der Waals surface area contributed by atoms with Crippen LogP contribution in [0.4, 0.5) is 0 Å². The van der Waals surface area contributed by atoms with Crippen molar-refractivity contribution in [1.82, 2.24) is 10.3 Å². The molecule has 0 unspecified atom stereocenters. The van der Waals surface area contributed by atoms with E-state index in [0.29, 0.717) is 18.4 Å². The van der Waals surface area contributed by atoms with E-state index >= 15 is 0 Å². The number of carbonyl (C=O) groups is 2. The zero-order chi connectivity index (χ0) is 12.8. The Balaban J connectivity index is 2.73. The number of aromatic nitrogens is 1. The number of nitrogens with zero attached hydrogens (tertiary/aromatic N) is 1. The molecule has 92 valence electrons. The summed E-state index contributed by atoms with van der Waals surface area (Å²) >= 11 is 0. The standard InChI is InChI=1S/C12H16N2O3/c1-3-4-10(12(16)17)14-11(15)9-5-8(2)6-13-7-9/h5-7,10H,3-4H2,1-2H3,(H,14,15)(H,16,17)/t10-/m1/s1. The van der Waals surface area contributed by atoms with Crippen LogP contribution in [0.1, 0.15) is 35.7 Å². The third-order valence-electron chi connectivity index (χ3n) is 2.32. The van der Waals surface area contributed by atoms with E-state index in [1.54, 1.807) is 12.3 Å². The zero-order valence-electron chi connectivity index (χ0n) is 9.93. The van der Waals surface area contributed by atoms with Crippen LogP contribution in [0.15, 0.2) is 18.5 Å². The second-order valence-electron chi connectivity index (χ2n) is 3.90. The lowest BCUT2D eigenvalue weighted by Crippen LogP contribution is -2.40. The number of aryl methyl sites for hydroxylation is 1.